The van der Waals surface area contributed by atoms with Crippen molar-refractivity contribution in [3.8, 4) is 0 Å². The monoisotopic (exact) mass is 190 g/mol. The molecule has 0 amide bonds. The van der Waals surface area contributed by atoms with Crippen molar-refractivity contribution in [3.63, 3.8) is 0 Å². The Morgan fingerprint density at radius 1 is 1.29 bits per heavy atom. The van der Waals surface area contributed by atoms with Crippen molar-refractivity contribution in [2.24, 2.45) is 0 Å². The summed E-state index contributed by atoms with van der Waals surface area (Å²) in [7, 11) is 0. The summed E-state index contributed by atoms with van der Waals surface area (Å²) in [4.78, 5) is 10.8. The summed E-state index contributed by atoms with van der Waals surface area (Å²) in [5.74, 6) is -0.398. The van der Waals surface area contributed by atoms with E-state index in [1.807, 2.05) is 18.2 Å². The summed E-state index contributed by atoms with van der Waals surface area (Å²) >= 11 is 0. The smallest absolute Gasteiger partial charge is 0.331 e. The zero-order valence-corrected chi connectivity index (χ0v) is 7.46. The van der Waals surface area contributed by atoms with Gasteiger partial charge in [0.2, 0.25) is 0 Å². The minimum absolute atomic E-state index is 0.398. The van der Waals surface area contributed by atoms with Crippen LogP contribution in [0, 0.1) is 0 Å². The Morgan fingerprint density at radius 2 is 2.00 bits per heavy atom. The fourth-order valence-electron chi connectivity index (χ4n) is 1.40. The molecule has 14 heavy (non-hydrogen) atoms. The fourth-order valence-corrected chi connectivity index (χ4v) is 1.40. The second-order valence-corrected chi connectivity index (χ2v) is 3.12. The number of hydrogen-bond acceptors (Lipinski definition) is 3. The molecule has 1 aromatic rings. The van der Waals surface area contributed by atoms with Crippen LogP contribution in [0.2, 0.25) is 0 Å². The lowest BCUT2D eigenvalue weighted by Crippen LogP contribution is -2.17. The molecule has 1 aliphatic heterocycles. The van der Waals surface area contributed by atoms with Gasteiger partial charge in [0.05, 0.1) is 0 Å². The Morgan fingerprint density at radius 3 is 2.57 bits per heavy atom. The predicted octanol–water partition coefficient (Wildman–Crippen LogP) is 1.20. The first-order valence-electron chi connectivity index (χ1n) is 4.39. The van der Waals surface area contributed by atoms with Gasteiger partial charge in [-0.3, -0.25) is 0 Å². The molecule has 1 heterocycles. The number of benzene rings is 1. The Labute approximate surface area is 81.6 Å². The fraction of sp³-hybridized carbons (Fsp3) is 0.182. The van der Waals surface area contributed by atoms with E-state index in [4.69, 9.17) is 4.74 Å². The maximum absolute atomic E-state index is 10.8. The average Bonchev–Trinajstić information content (AvgIpc) is 2.65. The van der Waals surface area contributed by atoms with Crippen molar-refractivity contribution in [1.82, 2.24) is 0 Å². The third-order valence-corrected chi connectivity index (χ3v) is 2.13. The largest absolute Gasteiger partial charge is 0.452 e. The zero-order chi connectivity index (χ0) is 9.97. The van der Waals surface area contributed by atoms with E-state index in [-0.39, 0.29) is 0 Å². The number of carbonyl (C=O) groups is 1. The molecule has 1 N–H and O–H groups in total. The second-order valence-electron chi connectivity index (χ2n) is 3.12. The SMILES string of the molecule is O=C1C=C[C@H]([C@H](O)c2ccccc2)O1. The highest BCUT2D eigenvalue weighted by Crippen LogP contribution is 2.22. The van der Waals surface area contributed by atoms with E-state index in [0.29, 0.717) is 0 Å². The van der Waals surface area contributed by atoms with Crippen LogP contribution in [-0.2, 0) is 9.53 Å². The number of ether oxygens (including phenoxy) is 1. The zero-order valence-electron chi connectivity index (χ0n) is 7.46. The number of esters is 1. The summed E-state index contributed by atoms with van der Waals surface area (Å²) in [5.41, 5.74) is 0.747. The molecule has 0 fully saturated rings. The number of aliphatic hydroxyl groups is 1. The molecule has 0 radical (unpaired) electrons. The van der Waals surface area contributed by atoms with E-state index in [0.717, 1.165) is 5.56 Å². The van der Waals surface area contributed by atoms with Crippen LogP contribution < -0.4 is 0 Å². The van der Waals surface area contributed by atoms with Gasteiger partial charge in [0.25, 0.3) is 0 Å². The topological polar surface area (TPSA) is 46.5 Å². The van der Waals surface area contributed by atoms with Crippen molar-refractivity contribution >= 4 is 5.97 Å². The summed E-state index contributed by atoms with van der Waals surface area (Å²) in [6.07, 6.45) is 1.57. The van der Waals surface area contributed by atoms with Crippen molar-refractivity contribution in [2.45, 2.75) is 12.2 Å². The first kappa shape index (κ1) is 8.97. The van der Waals surface area contributed by atoms with Gasteiger partial charge in [-0.05, 0) is 11.6 Å². The van der Waals surface area contributed by atoms with Crippen LogP contribution in [0.4, 0.5) is 0 Å². The molecule has 3 nitrogen and oxygen atoms in total. The number of aliphatic hydroxyl groups excluding tert-OH is 1. The van der Waals surface area contributed by atoms with Crippen molar-refractivity contribution in [1.29, 1.82) is 0 Å². The number of carbonyl (C=O) groups excluding carboxylic acids is 1. The Hall–Kier alpha value is -1.61. The summed E-state index contributed by atoms with van der Waals surface area (Å²) in [6.45, 7) is 0. The Balaban J connectivity index is 2.13. The molecule has 0 saturated heterocycles. The third-order valence-electron chi connectivity index (χ3n) is 2.13. The van der Waals surface area contributed by atoms with Gasteiger partial charge in [-0.1, -0.05) is 30.3 Å². The molecule has 3 heteroatoms. The summed E-state index contributed by atoms with van der Waals surface area (Å²) in [6, 6.07) is 9.13. The quantitative estimate of drug-likeness (QED) is 0.713. The summed E-state index contributed by atoms with van der Waals surface area (Å²) < 4.78 is 4.88. The van der Waals surface area contributed by atoms with E-state index in [9.17, 15) is 9.90 Å². The average molecular weight is 190 g/mol. The van der Waals surface area contributed by atoms with Crippen LogP contribution in [0.1, 0.15) is 11.7 Å². The van der Waals surface area contributed by atoms with Gasteiger partial charge < -0.3 is 9.84 Å². The molecule has 0 saturated carbocycles. The van der Waals surface area contributed by atoms with Gasteiger partial charge >= 0.3 is 5.97 Å². The highest BCUT2D eigenvalue weighted by molar-refractivity contribution is 5.84. The second kappa shape index (κ2) is 3.64. The van der Waals surface area contributed by atoms with Gasteiger partial charge in [-0.25, -0.2) is 4.79 Å². The van der Waals surface area contributed by atoms with Gasteiger partial charge in [0, 0.05) is 6.08 Å². The maximum atomic E-state index is 10.8. The lowest BCUT2D eigenvalue weighted by molar-refractivity contribution is -0.142. The molecule has 0 unspecified atom stereocenters. The number of hydrogen-bond donors (Lipinski definition) is 1. The van der Waals surface area contributed by atoms with Gasteiger partial charge in [0.1, 0.15) is 6.10 Å². The van der Waals surface area contributed by atoms with Crippen molar-refractivity contribution < 1.29 is 14.6 Å². The molecule has 1 aliphatic rings. The van der Waals surface area contributed by atoms with Crippen LogP contribution in [0.5, 0.6) is 0 Å². The summed E-state index contributed by atoms with van der Waals surface area (Å²) in [5, 5.41) is 9.81. The van der Waals surface area contributed by atoms with E-state index >= 15 is 0 Å². The van der Waals surface area contributed by atoms with Gasteiger partial charge in [0.15, 0.2) is 6.10 Å². The molecular formula is C11H10O3. The van der Waals surface area contributed by atoms with Crippen LogP contribution in [0.15, 0.2) is 42.5 Å². The van der Waals surface area contributed by atoms with E-state index in [1.54, 1.807) is 18.2 Å². The number of cyclic esters (lactones) is 1. The van der Waals surface area contributed by atoms with Gasteiger partial charge in [-0.15, -0.1) is 0 Å². The highest BCUT2D eigenvalue weighted by Gasteiger charge is 2.25. The molecule has 72 valence electrons. The molecule has 2 rings (SSSR count). The molecule has 0 aliphatic carbocycles. The third kappa shape index (κ3) is 1.67. The Kier molecular flexibility index (Phi) is 2.33. The molecule has 2 atom stereocenters. The lowest BCUT2D eigenvalue weighted by atomic mass is 10.1. The molecule has 1 aromatic carbocycles. The van der Waals surface area contributed by atoms with E-state index < -0.39 is 18.2 Å². The standard InChI is InChI=1S/C11H10O3/c12-10-7-6-9(14-10)11(13)8-4-2-1-3-5-8/h1-7,9,11,13H/t9-,11-/m1/s1. The first-order valence-corrected chi connectivity index (χ1v) is 4.39. The van der Waals surface area contributed by atoms with Crippen molar-refractivity contribution in [2.75, 3.05) is 0 Å². The van der Waals surface area contributed by atoms with Crippen molar-refractivity contribution in [3.05, 3.63) is 48.0 Å². The molecule has 0 aromatic heterocycles. The molecule has 0 spiro atoms. The van der Waals surface area contributed by atoms with E-state index in [2.05, 4.69) is 0 Å². The Bertz CT molecular complexity index is 356. The van der Waals surface area contributed by atoms with Crippen LogP contribution >= 0.6 is 0 Å². The number of rotatable bonds is 2. The highest BCUT2D eigenvalue weighted by atomic mass is 16.6. The van der Waals surface area contributed by atoms with E-state index in [1.165, 1.54) is 6.08 Å². The van der Waals surface area contributed by atoms with Crippen LogP contribution in [-0.4, -0.2) is 17.2 Å². The first-order chi connectivity index (χ1) is 6.77. The maximum Gasteiger partial charge on any atom is 0.331 e. The van der Waals surface area contributed by atoms with Gasteiger partial charge in [-0.2, -0.15) is 0 Å². The lowest BCUT2D eigenvalue weighted by Gasteiger charge is -2.16. The minimum Gasteiger partial charge on any atom is -0.452 e. The van der Waals surface area contributed by atoms with Crippen LogP contribution in [0.3, 0.4) is 0 Å². The molecular weight excluding hydrogens is 180 g/mol. The van der Waals surface area contributed by atoms with Crippen LogP contribution in [0.25, 0.3) is 0 Å². The minimum atomic E-state index is -0.779. The predicted molar refractivity (Wildman–Crippen MR) is 50.4 cm³/mol. The normalized spacial score (nSPS) is 22.1. The molecule has 0 bridgehead atoms.